The molecule has 0 unspecified atom stereocenters. The molecular formula is C24H24N8O. The van der Waals surface area contributed by atoms with Gasteiger partial charge in [0.2, 0.25) is 0 Å². The Morgan fingerprint density at radius 3 is 2.15 bits per heavy atom. The van der Waals surface area contributed by atoms with Crippen molar-refractivity contribution in [3.05, 3.63) is 48.5 Å². The second-order valence-electron chi connectivity index (χ2n) is 8.30. The number of rotatable bonds is 4. The Bertz CT molecular complexity index is 1430. The zero-order valence-corrected chi connectivity index (χ0v) is 18.5. The van der Waals surface area contributed by atoms with Gasteiger partial charge in [-0.05, 0) is 55.6 Å². The van der Waals surface area contributed by atoms with Crippen molar-refractivity contribution in [3.63, 3.8) is 0 Å². The number of ether oxygens (including phenoxy) is 1. The predicted octanol–water partition coefficient (Wildman–Crippen LogP) is 3.32. The summed E-state index contributed by atoms with van der Waals surface area (Å²) in [5.74, 6) is 3.22. The van der Waals surface area contributed by atoms with Crippen LogP contribution in [0.15, 0.2) is 48.5 Å². The molecule has 1 saturated heterocycles. The SMILES string of the molecule is COc1ccc(-c2nc3nc(-c4nc5nc(N6CCN(C)CC6)ccc5[nH]4)ccc3[nH]2)cc1. The Labute approximate surface area is 190 Å². The van der Waals surface area contributed by atoms with Crippen molar-refractivity contribution in [1.29, 1.82) is 0 Å². The number of nitrogens with one attached hydrogen (secondary N) is 2. The number of hydrogen-bond donors (Lipinski definition) is 2. The van der Waals surface area contributed by atoms with Crippen LogP contribution in [0.2, 0.25) is 0 Å². The van der Waals surface area contributed by atoms with E-state index in [4.69, 9.17) is 19.7 Å². The van der Waals surface area contributed by atoms with E-state index in [1.807, 2.05) is 42.5 Å². The van der Waals surface area contributed by atoms with Gasteiger partial charge in [-0.3, -0.25) is 0 Å². The minimum atomic E-state index is 0.643. The molecule has 166 valence electrons. The summed E-state index contributed by atoms with van der Waals surface area (Å²) < 4.78 is 5.24. The smallest absolute Gasteiger partial charge is 0.180 e. The topological polar surface area (TPSA) is 98.8 Å². The molecule has 1 aliphatic rings. The Hall–Kier alpha value is -3.98. The van der Waals surface area contributed by atoms with Crippen molar-refractivity contribution in [1.82, 2.24) is 34.8 Å². The lowest BCUT2D eigenvalue weighted by Crippen LogP contribution is -2.44. The van der Waals surface area contributed by atoms with E-state index in [-0.39, 0.29) is 0 Å². The summed E-state index contributed by atoms with van der Waals surface area (Å²) in [6.45, 7) is 4.02. The monoisotopic (exact) mass is 440 g/mol. The van der Waals surface area contributed by atoms with Crippen molar-refractivity contribution in [2.45, 2.75) is 0 Å². The van der Waals surface area contributed by atoms with Gasteiger partial charge in [0.05, 0.1) is 18.1 Å². The van der Waals surface area contributed by atoms with E-state index in [1.165, 1.54) is 0 Å². The van der Waals surface area contributed by atoms with Crippen LogP contribution in [0.25, 0.3) is 45.2 Å². The van der Waals surface area contributed by atoms with Crippen molar-refractivity contribution in [2.24, 2.45) is 0 Å². The number of anilines is 1. The maximum Gasteiger partial charge on any atom is 0.180 e. The zero-order valence-electron chi connectivity index (χ0n) is 18.5. The minimum absolute atomic E-state index is 0.643. The summed E-state index contributed by atoms with van der Waals surface area (Å²) >= 11 is 0. The summed E-state index contributed by atoms with van der Waals surface area (Å²) in [6, 6.07) is 15.8. The number of methoxy groups -OCH3 is 1. The molecule has 0 amide bonds. The first-order chi connectivity index (χ1) is 16.2. The molecule has 9 nitrogen and oxygen atoms in total. The number of piperazine rings is 1. The minimum Gasteiger partial charge on any atom is -0.497 e. The van der Waals surface area contributed by atoms with E-state index in [2.05, 4.69) is 37.9 Å². The van der Waals surface area contributed by atoms with Gasteiger partial charge in [-0.1, -0.05) is 0 Å². The van der Waals surface area contributed by atoms with Crippen molar-refractivity contribution in [3.8, 4) is 28.7 Å². The predicted molar refractivity (Wildman–Crippen MR) is 128 cm³/mol. The molecule has 5 heterocycles. The van der Waals surface area contributed by atoms with Crippen LogP contribution >= 0.6 is 0 Å². The molecule has 5 aromatic rings. The second-order valence-corrected chi connectivity index (χ2v) is 8.30. The highest BCUT2D eigenvalue weighted by molar-refractivity contribution is 5.81. The third-order valence-corrected chi connectivity index (χ3v) is 6.11. The molecule has 0 bridgehead atoms. The highest BCUT2D eigenvalue weighted by Gasteiger charge is 2.17. The lowest BCUT2D eigenvalue weighted by Gasteiger charge is -2.33. The molecule has 1 aliphatic heterocycles. The number of aromatic nitrogens is 6. The molecular weight excluding hydrogens is 416 g/mol. The Kier molecular flexibility index (Phi) is 4.69. The van der Waals surface area contributed by atoms with E-state index in [0.717, 1.165) is 65.9 Å². The maximum atomic E-state index is 5.24. The zero-order chi connectivity index (χ0) is 22.4. The van der Waals surface area contributed by atoms with Crippen LogP contribution in [0, 0.1) is 0 Å². The molecule has 6 rings (SSSR count). The van der Waals surface area contributed by atoms with Crippen LogP contribution in [-0.4, -0.2) is 75.1 Å². The Balaban J connectivity index is 1.31. The van der Waals surface area contributed by atoms with Crippen LogP contribution in [-0.2, 0) is 0 Å². The van der Waals surface area contributed by atoms with E-state index in [9.17, 15) is 0 Å². The largest absolute Gasteiger partial charge is 0.497 e. The third-order valence-electron chi connectivity index (χ3n) is 6.11. The first-order valence-electron chi connectivity index (χ1n) is 11.0. The summed E-state index contributed by atoms with van der Waals surface area (Å²) in [5, 5.41) is 0. The third kappa shape index (κ3) is 3.66. The molecule has 2 N–H and O–H groups in total. The average molecular weight is 441 g/mol. The molecule has 33 heavy (non-hydrogen) atoms. The number of nitrogens with zero attached hydrogens (tertiary/aromatic N) is 6. The lowest BCUT2D eigenvalue weighted by molar-refractivity contribution is 0.312. The van der Waals surface area contributed by atoms with Gasteiger partial charge in [0.15, 0.2) is 17.1 Å². The fourth-order valence-electron chi connectivity index (χ4n) is 4.13. The quantitative estimate of drug-likeness (QED) is 0.442. The van der Waals surface area contributed by atoms with Crippen molar-refractivity contribution >= 4 is 28.1 Å². The average Bonchev–Trinajstić information content (AvgIpc) is 3.48. The summed E-state index contributed by atoms with van der Waals surface area (Å²) in [5.41, 5.74) is 4.81. The Morgan fingerprint density at radius 1 is 0.727 bits per heavy atom. The van der Waals surface area contributed by atoms with E-state index >= 15 is 0 Å². The van der Waals surface area contributed by atoms with Gasteiger partial charge < -0.3 is 24.5 Å². The van der Waals surface area contributed by atoms with Gasteiger partial charge in [0.25, 0.3) is 0 Å². The number of imidazole rings is 2. The highest BCUT2D eigenvalue weighted by atomic mass is 16.5. The number of benzene rings is 1. The molecule has 0 radical (unpaired) electrons. The van der Waals surface area contributed by atoms with Gasteiger partial charge >= 0.3 is 0 Å². The number of hydrogen-bond acceptors (Lipinski definition) is 7. The van der Waals surface area contributed by atoms with E-state index in [1.54, 1.807) is 7.11 Å². The summed E-state index contributed by atoms with van der Waals surface area (Å²) in [7, 11) is 3.81. The molecule has 0 aliphatic carbocycles. The molecule has 1 aromatic carbocycles. The van der Waals surface area contributed by atoms with Gasteiger partial charge in [0.1, 0.15) is 23.1 Å². The fourth-order valence-corrected chi connectivity index (χ4v) is 4.13. The standard InChI is InChI=1S/C24H24N8O/c1-31-11-13-32(14-12-31)20-10-9-19-24(28-20)30-23(27-19)18-8-7-17-22(26-18)29-21(25-17)15-3-5-16(33-2)6-4-15/h3-10H,11-14H2,1-2H3,(H,25,26,29)(H,27,28,30). The summed E-state index contributed by atoms with van der Waals surface area (Å²) in [6.07, 6.45) is 0. The molecule has 9 heteroatoms. The van der Waals surface area contributed by atoms with Gasteiger partial charge in [-0.25, -0.2) is 19.9 Å². The van der Waals surface area contributed by atoms with Crippen LogP contribution < -0.4 is 9.64 Å². The molecule has 0 atom stereocenters. The van der Waals surface area contributed by atoms with Gasteiger partial charge in [0, 0.05) is 31.7 Å². The molecule has 1 fully saturated rings. The van der Waals surface area contributed by atoms with Crippen LogP contribution in [0.1, 0.15) is 0 Å². The van der Waals surface area contributed by atoms with Crippen molar-refractivity contribution < 1.29 is 4.74 Å². The van der Waals surface area contributed by atoms with Crippen molar-refractivity contribution in [2.75, 3.05) is 45.2 Å². The lowest BCUT2D eigenvalue weighted by atomic mass is 10.2. The normalized spacial score (nSPS) is 14.9. The van der Waals surface area contributed by atoms with Crippen LogP contribution in [0.4, 0.5) is 5.82 Å². The van der Waals surface area contributed by atoms with Crippen LogP contribution in [0.5, 0.6) is 5.75 Å². The molecule has 4 aromatic heterocycles. The fraction of sp³-hybridized carbons (Fsp3) is 0.250. The molecule has 0 saturated carbocycles. The van der Waals surface area contributed by atoms with E-state index < -0.39 is 0 Å². The Morgan fingerprint density at radius 2 is 1.39 bits per heavy atom. The molecule has 0 spiro atoms. The van der Waals surface area contributed by atoms with Gasteiger partial charge in [-0.15, -0.1) is 0 Å². The first-order valence-corrected chi connectivity index (χ1v) is 11.0. The number of fused-ring (bicyclic) bond motifs is 2. The number of H-pyrrole nitrogens is 2. The number of likely N-dealkylation sites (N-methyl/N-ethyl adjacent to an activating group) is 1. The van der Waals surface area contributed by atoms with Gasteiger partial charge in [-0.2, -0.15) is 0 Å². The second kappa shape index (κ2) is 7.86. The highest BCUT2D eigenvalue weighted by Crippen LogP contribution is 2.25. The number of pyridine rings is 2. The summed E-state index contributed by atoms with van der Waals surface area (Å²) in [4.78, 5) is 30.3. The van der Waals surface area contributed by atoms with Crippen LogP contribution in [0.3, 0.4) is 0 Å². The first kappa shape index (κ1) is 19.7. The number of aromatic amines is 2. The van der Waals surface area contributed by atoms with E-state index in [0.29, 0.717) is 17.1 Å². The maximum absolute atomic E-state index is 5.24.